The maximum Gasteiger partial charge on any atom is 0.269 e. The van der Waals surface area contributed by atoms with Crippen LogP contribution in [0.25, 0.3) is 0 Å². The first-order valence-corrected chi connectivity index (χ1v) is 10.6. The number of hydrogen-bond donors (Lipinski definition) is 2. The molecule has 156 valence electrons. The number of hydrogen-bond acceptors (Lipinski definition) is 7. The second kappa shape index (κ2) is 10.5. The Morgan fingerprint density at radius 1 is 1.07 bits per heavy atom. The SMILES string of the molecule is CNCCOc1ccc(C(=O)NCCCS(=O)(=O)c2ccc([N+](=O)[O-])cc2)cc1. The molecule has 0 spiro atoms. The van der Waals surface area contributed by atoms with Crippen molar-refractivity contribution in [2.45, 2.75) is 11.3 Å². The van der Waals surface area contributed by atoms with Crippen LogP contribution in [-0.2, 0) is 9.84 Å². The molecule has 0 unspecified atom stereocenters. The molecule has 2 aromatic carbocycles. The van der Waals surface area contributed by atoms with E-state index in [0.717, 1.165) is 12.1 Å². The van der Waals surface area contributed by atoms with Crippen molar-refractivity contribution in [1.82, 2.24) is 10.6 Å². The molecule has 0 radical (unpaired) electrons. The summed E-state index contributed by atoms with van der Waals surface area (Å²) in [6.45, 7) is 1.42. The van der Waals surface area contributed by atoms with Crippen LogP contribution in [0.1, 0.15) is 16.8 Å². The lowest BCUT2D eigenvalue weighted by Gasteiger charge is -2.08. The summed E-state index contributed by atoms with van der Waals surface area (Å²) in [4.78, 5) is 22.2. The number of likely N-dealkylation sites (N-methyl/N-ethyl adjacent to an activating group) is 1. The van der Waals surface area contributed by atoms with Crippen molar-refractivity contribution in [1.29, 1.82) is 0 Å². The van der Waals surface area contributed by atoms with E-state index in [1.54, 1.807) is 24.3 Å². The first-order valence-electron chi connectivity index (χ1n) is 8.96. The van der Waals surface area contributed by atoms with Gasteiger partial charge in [-0.1, -0.05) is 0 Å². The second-order valence-corrected chi connectivity index (χ2v) is 8.26. The minimum absolute atomic E-state index is 0.0169. The Hall–Kier alpha value is -2.98. The van der Waals surface area contributed by atoms with Gasteiger partial charge in [0.2, 0.25) is 0 Å². The van der Waals surface area contributed by atoms with Crippen LogP contribution in [0.2, 0.25) is 0 Å². The van der Waals surface area contributed by atoms with Crippen molar-refractivity contribution in [3.8, 4) is 5.75 Å². The molecule has 29 heavy (non-hydrogen) atoms. The molecule has 9 nitrogen and oxygen atoms in total. The van der Waals surface area contributed by atoms with Gasteiger partial charge in [0.1, 0.15) is 12.4 Å². The lowest BCUT2D eigenvalue weighted by Crippen LogP contribution is -2.26. The number of nitro groups is 1. The first kappa shape index (κ1) is 22.3. The molecule has 10 heteroatoms. The molecule has 0 heterocycles. The van der Waals surface area contributed by atoms with Crippen LogP contribution in [0.5, 0.6) is 5.75 Å². The molecule has 0 bridgehead atoms. The van der Waals surface area contributed by atoms with Gasteiger partial charge in [-0.3, -0.25) is 14.9 Å². The van der Waals surface area contributed by atoms with E-state index in [4.69, 9.17) is 4.74 Å². The fourth-order valence-electron chi connectivity index (χ4n) is 2.43. The van der Waals surface area contributed by atoms with E-state index in [0.29, 0.717) is 24.5 Å². The third kappa shape index (κ3) is 6.84. The Morgan fingerprint density at radius 2 is 1.72 bits per heavy atom. The average molecular weight is 421 g/mol. The number of non-ortho nitro benzene ring substituents is 1. The van der Waals surface area contributed by atoms with Crippen molar-refractivity contribution in [3.63, 3.8) is 0 Å². The largest absolute Gasteiger partial charge is 0.492 e. The fraction of sp³-hybridized carbons (Fsp3) is 0.316. The smallest absolute Gasteiger partial charge is 0.269 e. The molecule has 0 aliphatic heterocycles. The van der Waals surface area contributed by atoms with Crippen LogP contribution >= 0.6 is 0 Å². The van der Waals surface area contributed by atoms with Crippen LogP contribution in [0, 0.1) is 10.1 Å². The number of carbonyl (C=O) groups excluding carboxylic acids is 1. The van der Waals surface area contributed by atoms with Gasteiger partial charge in [-0.15, -0.1) is 0 Å². The van der Waals surface area contributed by atoms with Gasteiger partial charge < -0.3 is 15.4 Å². The van der Waals surface area contributed by atoms with Gasteiger partial charge in [-0.05, 0) is 49.9 Å². The normalized spacial score (nSPS) is 11.1. The summed E-state index contributed by atoms with van der Waals surface area (Å²) in [5.74, 6) is 0.175. The Bertz CT molecular complexity index is 927. The van der Waals surface area contributed by atoms with Gasteiger partial charge in [-0.25, -0.2) is 8.42 Å². The molecule has 0 aromatic heterocycles. The third-order valence-corrected chi connectivity index (χ3v) is 5.84. The number of sulfone groups is 1. The highest BCUT2D eigenvalue weighted by atomic mass is 32.2. The third-order valence-electron chi connectivity index (χ3n) is 4.02. The predicted octanol–water partition coefficient (Wildman–Crippen LogP) is 1.79. The molecule has 0 aliphatic rings. The molecular formula is C19H23N3O6S. The Labute approximate surface area is 169 Å². The topological polar surface area (TPSA) is 128 Å². The lowest BCUT2D eigenvalue weighted by atomic mass is 10.2. The highest BCUT2D eigenvalue weighted by Gasteiger charge is 2.16. The Balaban J connectivity index is 1.80. The number of benzene rings is 2. The predicted molar refractivity (Wildman–Crippen MR) is 108 cm³/mol. The maximum absolute atomic E-state index is 12.3. The zero-order valence-corrected chi connectivity index (χ0v) is 16.8. The number of rotatable bonds is 11. The number of nitro benzene ring substituents is 1. The molecule has 2 N–H and O–H groups in total. The van der Waals surface area contributed by atoms with Gasteiger partial charge in [0.05, 0.1) is 15.6 Å². The van der Waals surface area contributed by atoms with E-state index < -0.39 is 14.8 Å². The number of amides is 1. The van der Waals surface area contributed by atoms with Gasteiger partial charge in [0.15, 0.2) is 9.84 Å². The molecule has 1 amide bonds. The zero-order valence-electron chi connectivity index (χ0n) is 16.0. The summed E-state index contributed by atoms with van der Waals surface area (Å²) >= 11 is 0. The zero-order chi connectivity index (χ0) is 21.3. The summed E-state index contributed by atoms with van der Waals surface area (Å²) in [7, 11) is -1.75. The van der Waals surface area contributed by atoms with Gasteiger partial charge in [0.25, 0.3) is 11.6 Å². The molecule has 2 aromatic rings. The van der Waals surface area contributed by atoms with Crippen molar-refractivity contribution in [2.24, 2.45) is 0 Å². The lowest BCUT2D eigenvalue weighted by molar-refractivity contribution is -0.384. The molecule has 0 saturated heterocycles. The average Bonchev–Trinajstić information content (AvgIpc) is 2.72. The number of nitrogens with zero attached hydrogens (tertiary/aromatic N) is 1. The van der Waals surface area contributed by atoms with E-state index >= 15 is 0 Å². The van der Waals surface area contributed by atoms with Crippen molar-refractivity contribution in [3.05, 3.63) is 64.2 Å². The Kier molecular flexibility index (Phi) is 8.10. The van der Waals surface area contributed by atoms with E-state index in [-0.39, 0.29) is 35.2 Å². The van der Waals surface area contributed by atoms with Gasteiger partial charge in [-0.2, -0.15) is 0 Å². The van der Waals surface area contributed by atoms with Crippen LogP contribution in [0.15, 0.2) is 53.4 Å². The van der Waals surface area contributed by atoms with Gasteiger partial charge >= 0.3 is 0 Å². The van der Waals surface area contributed by atoms with Crippen LogP contribution in [0.3, 0.4) is 0 Å². The van der Waals surface area contributed by atoms with Crippen molar-refractivity contribution >= 4 is 21.4 Å². The van der Waals surface area contributed by atoms with Crippen molar-refractivity contribution < 1.29 is 22.9 Å². The van der Waals surface area contributed by atoms with Crippen LogP contribution in [-0.4, -0.2) is 51.7 Å². The maximum atomic E-state index is 12.3. The molecule has 0 atom stereocenters. The standard InChI is InChI=1S/C19H23N3O6S/c1-20-12-13-28-17-7-3-15(4-8-17)19(23)21-11-2-14-29(26,27)18-9-5-16(6-10-18)22(24)25/h3-10,20H,2,11-14H2,1H3,(H,21,23). The number of carbonyl (C=O) groups is 1. The number of ether oxygens (including phenoxy) is 1. The molecule has 0 aliphatic carbocycles. The summed E-state index contributed by atoms with van der Waals surface area (Å²) in [5.41, 5.74) is 0.277. The number of nitrogens with one attached hydrogen (secondary N) is 2. The Morgan fingerprint density at radius 3 is 2.31 bits per heavy atom. The van der Waals surface area contributed by atoms with Crippen LogP contribution in [0.4, 0.5) is 5.69 Å². The summed E-state index contributed by atoms with van der Waals surface area (Å²) < 4.78 is 30.0. The van der Waals surface area contributed by atoms with Gasteiger partial charge in [0, 0.05) is 30.8 Å². The van der Waals surface area contributed by atoms with E-state index in [9.17, 15) is 23.3 Å². The molecular weight excluding hydrogens is 398 g/mol. The van der Waals surface area contributed by atoms with Crippen molar-refractivity contribution in [2.75, 3.05) is 32.5 Å². The molecule has 0 saturated carbocycles. The summed E-state index contributed by atoms with van der Waals surface area (Å²) in [6.07, 6.45) is 0.219. The monoisotopic (exact) mass is 421 g/mol. The minimum Gasteiger partial charge on any atom is -0.492 e. The molecule has 0 fully saturated rings. The highest BCUT2D eigenvalue weighted by molar-refractivity contribution is 7.91. The fourth-order valence-corrected chi connectivity index (χ4v) is 3.74. The second-order valence-electron chi connectivity index (χ2n) is 6.16. The minimum atomic E-state index is -3.58. The summed E-state index contributed by atoms with van der Waals surface area (Å²) in [6, 6.07) is 11.4. The molecule has 2 rings (SSSR count). The van der Waals surface area contributed by atoms with E-state index in [2.05, 4.69) is 10.6 Å². The highest BCUT2D eigenvalue weighted by Crippen LogP contribution is 2.17. The van der Waals surface area contributed by atoms with E-state index in [1.807, 2.05) is 7.05 Å². The first-order chi connectivity index (χ1) is 13.8. The van der Waals surface area contributed by atoms with E-state index in [1.165, 1.54) is 12.1 Å². The quantitative estimate of drug-likeness (QED) is 0.322. The van der Waals surface area contributed by atoms with Crippen LogP contribution < -0.4 is 15.4 Å². The summed E-state index contributed by atoms with van der Waals surface area (Å²) in [5, 5.41) is 16.3.